The number of nitrogens with one attached hydrogen (secondary N) is 2. The zero-order valence-corrected chi connectivity index (χ0v) is 15.8. The standard InChI is InChI=1S/C18H20N4O4S/c1-3-26-17(24)10-19-15(23)11-27-16-9-8-14(21-22-16)20-18(25)13-6-4-12(2)5-7-13/h4-9H,3,10-11H2,1-2H3,(H,19,23)(H,20,21,25). The van der Waals surface area contributed by atoms with Gasteiger partial charge in [0.25, 0.3) is 5.91 Å². The highest BCUT2D eigenvalue weighted by molar-refractivity contribution is 7.99. The summed E-state index contributed by atoms with van der Waals surface area (Å²) in [5.41, 5.74) is 1.60. The van der Waals surface area contributed by atoms with Crippen molar-refractivity contribution in [2.45, 2.75) is 18.9 Å². The number of rotatable bonds is 8. The van der Waals surface area contributed by atoms with E-state index in [1.54, 1.807) is 31.2 Å². The number of carbonyl (C=O) groups is 3. The van der Waals surface area contributed by atoms with Crippen LogP contribution in [0.1, 0.15) is 22.8 Å². The van der Waals surface area contributed by atoms with Gasteiger partial charge in [0.1, 0.15) is 11.6 Å². The van der Waals surface area contributed by atoms with Crippen LogP contribution in [0.2, 0.25) is 0 Å². The number of benzene rings is 1. The Labute approximate surface area is 161 Å². The van der Waals surface area contributed by atoms with Crippen molar-refractivity contribution >= 4 is 35.4 Å². The van der Waals surface area contributed by atoms with Gasteiger partial charge in [-0.2, -0.15) is 0 Å². The maximum Gasteiger partial charge on any atom is 0.325 e. The number of thioether (sulfide) groups is 1. The molecule has 2 N–H and O–H groups in total. The lowest BCUT2D eigenvalue weighted by Gasteiger charge is -2.06. The Morgan fingerprint density at radius 2 is 1.81 bits per heavy atom. The van der Waals surface area contributed by atoms with Crippen LogP contribution < -0.4 is 10.6 Å². The van der Waals surface area contributed by atoms with Crippen molar-refractivity contribution in [3.05, 3.63) is 47.5 Å². The van der Waals surface area contributed by atoms with Gasteiger partial charge in [-0.15, -0.1) is 10.2 Å². The first-order valence-electron chi connectivity index (χ1n) is 8.25. The lowest BCUT2D eigenvalue weighted by molar-refractivity contribution is -0.143. The van der Waals surface area contributed by atoms with Crippen molar-refractivity contribution in [1.82, 2.24) is 15.5 Å². The van der Waals surface area contributed by atoms with Gasteiger partial charge in [0.05, 0.1) is 12.4 Å². The number of ether oxygens (including phenoxy) is 1. The van der Waals surface area contributed by atoms with Gasteiger partial charge in [-0.05, 0) is 38.1 Å². The molecular weight excluding hydrogens is 368 g/mol. The maximum atomic E-state index is 12.1. The van der Waals surface area contributed by atoms with Crippen molar-refractivity contribution in [1.29, 1.82) is 0 Å². The minimum absolute atomic E-state index is 0.0865. The zero-order valence-electron chi connectivity index (χ0n) is 15.0. The molecule has 2 rings (SSSR count). The normalized spacial score (nSPS) is 10.1. The Morgan fingerprint density at radius 3 is 2.44 bits per heavy atom. The lowest BCUT2D eigenvalue weighted by atomic mass is 10.1. The molecule has 1 aromatic carbocycles. The second-order valence-electron chi connectivity index (χ2n) is 5.45. The third-order valence-corrected chi connectivity index (χ3v) is 4.20. The van der Waals surface area contributed by atoms with E-state index < -0.39 is 5.97 Å². The summed E-state index contributed by atoms with van der Waals surface area (Å²) in [7, 11) is 0. The average Bonchev–Trinajstić information content (AvgIpc) is 2.66. The van der Waals surface area contributed by atoms with Gasteiger partial charge in [-0.25, -0.2) is 0 Å². The van der Waals surface area contributed by atoms with Gasteiger partial charge in [0.2, 0.25) is 5.91 Å². The predicted molar refractivity (Wildman–Crippen MR) is 102 cm³/mol. The molecule has 2 aromatic rings. The van der Waals surface area contributed by atoms with Crippen molar-refractivity contribution in [2.75, 3.05) is 24.2 Å². The molecule has 8 nitrogen and oxygen atoms in total. The van der Waals surface area contributed by atoms with E-state index in [1.165, 1.54) is 11.8 Å². The number of hydrogen-bond donors (Lipinski definition) is 2. The molecule has 0 aliphatic heterocycles. The summed E-state index contributed by atoms with van der Waals surface area (Å²) >= 11 is 1.17. The van der Waals surface area contributed by atoms with E-state index in [-0.39, 0.29) is 30.7 Å². The van der Waals surface area contributed by atoms with Crippen LogP contribution in [0.25, 0.3) is 0 Å². The fourth-order valence-electron chi connectivity index (χ4n) is 1.93. The molecular formula is C18H20N4O4S. The summed E-state index contributed by atoms with van der Waals surface area (Å²) < 4.78 is 4.72. The van der Waals surface area contributed by atoms with Crippen LogP contribution in [-0.4, -0.2) is 46.9 Å². The smallest absolute Gasteiger partial charge is 0.325 e. The van der Waals surface area contributed by atoms with E-state index in [9.17, 15) is 14.4 Å². The number of amides is 2. The van der Waals surface area contributed by atoms with Crippen LogP contribution >= 0.6 is 11.8 Å². The Hall–Kier alpha value is -2.94. The van der Waals surface area contributed by atoms with Gasteiger partial charge in [0, 0.05) is 5.56 Å². The Balaban J connectivity index is 1.79. The third-order valence-electron chi connectivity index (χ3n) is 3.28. The van der Waals surface area contributed by atoms with Crippen LogP contribution in [0.3, 0.4) is 0 Å². The monoisotopic (exact) mass is 388 g/mol. The molecule has 0 bridgehead atoms. The molecule has 1 aromatic heterocycles. The number of anilines is 1. The number of esters is 1. The van der Waals surface area contributed by atoms with Gasteiger partial charge in [0.15, 0.2) is 5.82 Å². The Morgan fingerprint density at radius 1 is 1.07 bits per heavy atom. The van der Waals surface area contributed by atoms with E-state index in [4.69, 9.17) is 4.74 Å². The second kappa shape index (κ2) is 10.3. The molecule has 0 radical (unpaired) electrons. The summed E-state index contributed by atoms with van der Waals surface area (Å²) in [6.45, 7) is 3.75. The summed E-state index contributed by atoms with van der Waals surface area (Å²) in [5, 5.41) is 13.5. The fourth-order valence-corrected chi connectivity index (χ4v) is 2.57. The highest BCUT2D eigenvalue weighted by atomic mass is 32.2. The Kier molecular flexibility index (Phi) is 7.75. The first-order valence-corrected chi connectivity index (χ1v) is 9.23. The molecule has 0 spiro atoms. The molecule has 27 heavy (non-hydrogen) atoms. The molecule has 0 saturated carbocycles. The second-order valence-corrected chi connectivity index (χ2v) is 6.44. The maximum absolute atomic E-state index is 12.1. The fraction of sp³-hybridized carbons (Fsp3) is 0.278. The quantitative estimate of drug-likeness (QED) is 0.524. The molecule has 0 unspecified atom stereocenters. The first-order chi connectivity index (χ1) is 13.0. The van der Waals surface area contributed by atoms with Crippen LogP contribution in [0.4, 0.5) is 5.82 Å². The first kappa shape index (κ1) is 20.4. The van der Waals surface area contributed by atoms with Crippen LogP contribution in [-0.2, 0) is 14.3 Å². The third kappa shape index (κ3) is 7.06. The highest BCUT2D eigenvalue weighted by Crippen LogP contribution is 2.15. The Bertz CT molecular complexity index is 794. The summed E-state index contributed by atoms with van der Waals surface area (Å²) in [5.74, 6) is -0.668. The minimum atomic E-state index is -0.482. The highest BCUT2D eigenvalue weighted by Gasteiger charge is 2.09. The number of aryl methyl sites for hydroxylation is 1. The van der Waals surface area contributed by atoms with Gasteiger partial charge in [-0.3, -0.25) is 14.4 Å². The number of aromatic nitrogens is 2. The van der Waals surface area contributed by atoms with E-state index in [1.807, 2.05) is 19.1 Å². The molecule has 1 heterocycles. The van der Waals surface area contributed by atoms with Crippen LogP contribution in [0, 0.1) is 6.92 Å². The molecule has 9 heteroatoms. The van der Waals surface area contributed by atoms with Crippen molar-refractivity contribution < 1.29 is 19.1 Å². The van der Waals surface area contributed by atoms with Crippen molar-refractivity contribution in [3.63, 3.8) is 0 Å². The molecule has 0 saturated heterocycles. The van der Waals surface area contributed by atoms with E-state index in [0.29, 0.717) is 16.4 Å². The molecule has 0 aliphatic carbocycles. The van der Waals surface area contributed by atoms with E-state index >= 15 is 0 Å². The van der Waals surface area contributed by atoms with Gasteiger partial charge < -0.3 is 15.4 Å². The predicted octanol–water partition coefficient (Wildman–Crippen LogP) is 1.81. The van der Waals surface area contributed by atoms with E-state index in [2.05, 4.69) is 20.8 Å². The SMILES string of the molecule is CCOC(=O)CNC(=O)CSc1ccc(NC(=O)c2ccc(C)cc2)nn1. The number of hydrogen-bond acceptors (Lipinski definition) is 7. The number of carbonyl (C=O) groups excluding carboxylic acids is 3. The van der Waals surface area contributed by atoms with Crippen LogP contribution in [0.5, 0.6) is 0 Å². The zero-order chi connectivity index (χ0) is 19.6. The average molecular weight is 388 g/mol. The summed E-state index contributed by atoms with van der Waals surface area (Å²) in [6.07, 6.45) is 0. The molecule has 2 amide bonds. The largest absolute Gasteiger partial charge is 0.465 e. The molecule has 0 aliphatic rings. The lowest BCUT2D eigenvalue weighted by Crippen LogP contribution is -2.31. The summed E-state index contributed by atoms with van der Waals surface area (Å²) in [4.78, 5) is 35.0. The van der Waals surface area contributed by atoms with Gasteiger partial charge >= 0.3 is 5.97 Å². The van der Waals surface area contributed by atoms with Crippen molar-refractivity contribution in [2.24, 2.45) is 0 Å². The molecule has 142 valence electrons. The summed E-state index contributed by atoms with van der Waals surface area (Å²) in [6, 6.07) is 10.4. The number of nitrogens with zero attached hydrogens (tertiary/aromatic N) is 2. The minimum Gasteiger partial charge on any atom is -0.465 e. The van der Waals surface area contributed by atoms with Crippen LogP contribution in [0.15, 0.2) is 41.4 Å². The topological polar surface area (TPSA) is 110 Å². The van der Waals surface area contributed by atoms with Gasteiger partial charge in [-0.1, -0.05) is 29.5 Å². The molecule has 0 fully saturated rings. The van der Waals surface area contributed by atoms with E-state index in [0.717, 1.165) is 5.56 Å². The van der Waals surface area contributed by atoms with Crippen molar-refractivity contribution in [3.8, 4) is 0 Å². The molecule has 0 atom stereocenters.